The lowest BCUT2D eigenvalue weighted by Crippen LogP contribution is -2.12. The van der Waals surface area contributed by atoms with Crippen LogP contribution in [-0.4, -0.2) is 20.0 Å². The fraction of sp³-hybridized carbons (Fsp3) is 0.417. The molecule has 4 heteroatoms. The molecular weight excluding hydrogens is 224 g/mol. The third kappa shape index (κ3) is 1.67. The highest BCUT2D eigenvalue weighted by molar-refractivity contribution is 7.92. The van der Waals surface area contributed by atoms with E-state index in [9.17, 15) is 13.2 Å². The molecule has 1 heterocycles. The summed E-state index contributed by atoms with van der Waals surface area (Å²) in [5.74, 6) is -0.675. The molecule has 0 unspecified atom stereocenters. The van der Waals surface area contributed by atoms with Gasteiger partial charge in [-0.05, 0) is 23.1 Å². The van der Waals surface area contributed by atoms with Crippen molar-refractivity contribution in [1.29, 1.82) is 0 Å². The second kappa shape index (κ2) is 3.17. The number of rotatable bonds is 0. The Balaban J connectivity index is 2.69. The Kier molecular flexibility index (Phi) is 2.24. The Morgan fingerprint density at radius 2 is 1.81 bits per heavy atom. The molecule has 1 aromatic rings. The summed E-state index contributed by atoms with van der Waals surface area (Å²) in [6.45, 7) is 6.04. The summed E-state index contributed by atoms with van der Waals surface area (Å²) < 4.78 is 23.4. The van der Waals surface area contributed by atoms with E-state index in [1.54, 1.807) is 12.1 Å². The van der Waals surface area contributed by atoms with Gasteiger partial charge in [0.1, 0.15) is 5.75 Å². The molecule has 1 aliphatic heterocycles. The minimum atomic E-state index is -3.39. The Morgan fingerprint density at radius 3 is 2.38 bits per heavy atom. The summed E-state index contributed by atoms with van der Waals surface area (Å²) in [7, 11) is -3.39. The predicted molar refractivity (Wildman–Crippen MR) is 61.5 cm³/mol. The van der Waals surface area contributed by atoms with E-state index in [1.807, 2.05) is 26.8 Å². The Hall–Kier alpha value is -1.16. The van der Waals surface area contributed by atoms with Crippen LogP contribution < -0.4 is 0 Å². The van der Waals surface area contributed by atoms with Crippen LogP contribution in [0.4, 0.5) is 0 Å². The van der Waals surface area contributed by atoms with E-state index in [0.29, 0.717) is 5.56 Å². The first-order chi connectivity index (χ1) is 7.22. The molecule has 86 valence electrons. The number of carbonyl (C=O) groups excluding carboxylic acids is 1. The first kappa shape index (κ1) is 11.3. The molecule has 0 radical (unpaired) electrons. The molecule has 0 amide bonds. The summed E-state index contributed by atoms with van der Waals surface area (Å²) in [4.78, 5) is 11.7. The van der Waals surface area contributed by atoms with Gasteiger partial charge < -0.3 is 0 Å². The van der Waals surface area contributed by atoms with Crippen LogP contribution in [0.25, 0.3) is 0 Å². The lowest BCUT2D eigenvalue weighted by molar-refractivity contribution is 0.102. The second-order valence-electron chi connectivity index (χ2n) is 5.14. The predicted octanol–water partition coefficient (Wildman–Crippen LogP) is 1.95. The van der Waals surface area contributed by atoms with Gasteiger partial charge in [0.05, 0.1) is 4.90 Å². The van der Waals surface area contributed by atoms with Crippen LogP contribution in [0.15, 0.2) is 23.1 Å². The first-order valence-corrected chi connectivity index (χ1v) is 6.77. The molecule has 1 aromatic carbocycles. The number of carbonyl (C=O) groups is 1. The molecule has 0 atom stereocenters. The van der Waals surface area contributed by atoms with Gasteiger partial charge >= 0.3 is 0 Å². The van der Waals surface area contributed by atoms with Crippen LogP contribution in [0.5, 0.6) is 0 Å². The van der Waals surface area contributed by atoms with Crippen LogP contribution in [0.3, 0.4) is 0 Å². The Morgan fingerprint density at radius 1 is 1.19 bits per heavy atom. The van der Waals surface area contributed by atoms with Crippen molar-refractivity contribution in [2.24, 2.45) is 0 Å². The maximum Gasteiger partial charge on any atom is 0.186 e. The van der Waals surface area contributed by atoms with Crippen molar-refractivity contribution >= 4 is 15.6 Å². The smallest absolute Gasteiger partial charge is 0.186 e. The average molecular weight is 238 g/mol. The van der Waals surface area contributed by atoms with Gasteiger partial charge in [-0.1, -0.05) is 26.8 Å². The molecule has 16 heavy (non-hydrogen) atoms. The lowest BCUT2D eigenvalue weighted by Gasteiger charge is -2.19. The fourth-order valence-corrected chi connectivity index (χ4v) is 3.28. The van der Waals surface area contributed by atoms with Crippen molar-refractivity contribution in [1.82, 2.24) is 0 Å². The van der Waals surface area contributed by atoms with E-state index < -0.39 is 9.84 Å². The van der Waals surface area contributed by atoms with Gasteiger partial charge in [0.25, 0.3) is 0 Å². The second-order valence-corrected chi connectivity index (χ2v) is 7.10. The molecule has 0 aromatic heterocycles. The number of hydrogen-bond acceptors (Lipinski definition) is 3. The lowest BCUT2D eigenvalue weighted by atomic mass is 9.86. The summed E-state index contributed by atoms with van der Waals surface area (Å²) >= 11 is 0. The fourth-order valence-electron chi connectivity index (χ4n) is 1.80. The van der Waals surface area contributed by atoms with Crippen LogP contribution in [0, 0.1) is 0 Å². The molecule has 0 spiro atoms. The number of benzene rings is 1. The molecule has 2 rings (SSSR count). The quantitative estimate of drug-likeness (QED) is 0.694. The minimum absolute atomic E-state index is 0.115. The van der Waals surface area contributed by atoms with Gasteiger partial charge in [-0.25, -0.2) is 8.42 Å². The maximum absolute atomic E-state index is 11.7. The third-order valence-electron chi connectivity index (χ3n) is 2.80. The van der Waals surface area contributed by atoms with Gasteiger partial charge in [-0.2, -0.15) is 0 Å². The SMILES string of the molecule is CC(C)(C)c1ccc2c(c1)S(=O)(=O)CC2=O. The third-order valence-corrected chi connectivity index (χ3v) is 4.45. The summed E-state index contributed by atoms with van der Waals surface area (Å²) in [6, 6.07) is 5.09. The van der Waals surface area contributed by atoms with Gasteiger partial charge in [0.2, 0.25) is 0 Å². The molecule has 0 bridgehead atoms. The molecule has 3 nitrogen and oxygen atoms in total. The highest BCUT2D eigenvalue weighted by atomic mass is 32.2. The molecule has 0 N–H and O–H groups in total. The van der Waals surface area contributed by atoms with E-state index >= 15 is 0 Å². The molecule has 1 aliphatic rings. The normalized spacial score (nSPS) is 18.6. The van der Waals surface area contributed by atoms with Gasteiger partial charge in [-0.15, -0.1) is 0 Å². The number of ketones is 1. The largest absolute Gasteiger partial charge is 0.293 e. The van der Waals surface area contributed by atoms with Crippen LogP contribution in [-0.2, 0) is 15.3 Å². The Bertz CT molecular complexity index is 562. The zero-order valence-electron chi connectivity index (χ0n) is 9.57. The van der Waals surface area contributed by atoms with Crippen molar-refractivity contribution < 1.29 is 13.2 Å². The minimum Gasteiger partial charge on any atom is -0.293 e. The number of hydrogen-bond donors (Lipinski definition) is 0. The van der Waals surface area contributed by atoms with E-state index in [-0.39, 0.29) is 21.8 Å². The van der Waals surface area contributed by atoms with E-state index in [1.165, 1.54) is 0 Å². The zero-order valence-corrected chi connectivity index (χ0v) is 10.4. The van der Waals surface area contributed by atoms with Crippen molar-refractivity contribution in [3.63, 3.8) is 0 Å². The molecule has 0 fully saturated rings. The standard InChI is InChI=1S/C12H14O3S/c1-12(2,3)8-4-5-9-10(13)7-16(14,15)11(9)6-8/h4-6H,7H2,1-3H3. The molecule has 0 saturated carbocycles. The van der Waals surface area contributed by atoms with E-state index in [4.69, 9.17) is 0 Å². The number of fused-ring (bicyclic) bond motifs is 1. The number of sulfone groups is 1. The topological polar surface area (TPSA) is 51.2 Å². The highest BCUT2D eigenvalue weighted by Crippen LogP contribution is 2.31. The van der Waals surface area contributed by atoms with Crippen LogP contribution in [0.2, 0.25) is 0 Å². The van der Waals surface area contributed by atoms with E-state index in [2.05, 4.69) is 0 Å². The Labute approximate surface area is 95.4 Å². The van der Waals surface area contributed by atoms with Crippen molar-refractivity contribution in [2.45, 2.75) is 31.1 Å². The van der Waals surface area contributed by atoms with Gasteiger partial charge in [0.15, 0.2) is 15.6 Å². The van der Waals surface area contributed by atoms with Crippen LogP contribution in [0.1, 0.15) is 36.7 Å². The summed E-state index contributed by atoms with van der Waals surface area (Å²) in [6.07, 6.45) is 0. The first-order valence-electron chi connectivity index (χ1n) is 5.12. The summed E-state index contributed by atoms with van der Waals surface area (Å²) in [5.41, 5.74) is 1.16. The molecule has 0 saturated heterocycles. The summed E-state index contributed by atoms with van der Waals surface area (Å²) in [5, 5.41) is 0. The van der Waals surface area contributed by atoms with Crippen molar-refractivity contribution in [3.8, 4) is 0 Å². The monoisotopic (exact) mass is 238 g/mol. The average Bonchev–Trinajstić information content (AvgIpc) is 2.36. The van der Waals surface area contributed by atoms with Crippen LogP contribution >= 0.6 is 0 Å². The molecular formula is C12H14O3S. The van der Waals surface area contributed by atoms with Gasteiger partial charge in [-0.3, -0.25) is 4.79 Å². The van der Waals surface area contributed by atoms with Crippen molar-refractivity contribution in [3.05, 3.63) is 29.3 Å². The van der Waals surface area contributed by atoms with E-state index in [0.717, 1.165) is 5.56 Å². The highest BCUT2D eigenvalue weighted by Gasteiger charge is 2.34. The molecule has 0 aliphatic carbocycles. The van der Waals surface area contributed by atoms with Gasteiger partial charge in [0, 0.05) is 5.56 Å². The van der Waals surface area contributed by atoms with Crippen molar-refractivity contribution in [2.75, 3.05) is 5.75 Å². The zero-order chi connectivity index (χ0) is 12.1. The maximum atomic E-state index is 11.7. The number of Topliss-reactive ketones (excluding diaryl/α,β-unsaturated/α-hetero) is 1.